The first-order valence-electron chi connectivity index (χ1n) is 5.86. The maximum absolute atomic E-state index is 12.0. The number of nitrogens with zero attached hydrogens (tertiary/aromatic N) is 5. The number of aromatic nitrogens is 3. The smallest absolute Gasteiger partial charge is 0.390 e. The number of sulfonamides is 1. The summed E-state index contributed by atoms with van der Waals surface area (Å²) in [5.41, 5.74) is 0.651. The lowest BCUT2D eigenvalue weighted by Gasteiger charge is -2.11. The van der Waals surface area contributed by atoms with Crippen molar-refractivity contribution in [2.24, 2.45) is 0 Å². The van der Waals surface area contributed by atoms with E-state index >= 15 is 0 Å². The Morgan fingerprint density at radius 3 is 2.67 bits per heavy atom. The van der Waals surface area contributed by atoms with Crippen molar-refractivity contribution in [1.82, 2.24) is 19.1 Å². The summed E-state index contributed by atoms with van der Waals surface area (Å²) >= 11 is 0. The number of rotatable bonds is 5. The highest BCUT2D eigenvalue weighted by Gasteiger charge is 2.18. The maximum atomic E-state index is 12.0. The molecule has 0 unspecified atom stereocenters. The first-order chi connectivity index (χ1) is 9.80. The van der Waals surface area contributed by atoms with Crippen molar-refractivity contribution >= 4 is 16.0 Å². The largest absolute Gasteiger partial charge is 0.490 e. The fraction of sp³-hybridized carbons (Fsp3) is 0.273. The fourth-order valence-corrected chi connectivity index (χ4v) is 2.62. The van der Waals surface area contributed by atoms with E-state index in [4.69, 9.17) is 0 Å². The van der Waals surface area contributed by atoms with E-state index in [0.717, 1.165) is 4.31 Å². The summed E-state index contributed by atoms with van der Waals surface area (Å²) in [6.07, 6.45) is 1.23. The van der Waals surface area contributed by atoms with Crippen LogP contribution in [0.1, 0.15) is 5.56 Å². The van der Waals surface area contributed by atoms with E-state index in [9.17, 15) is 18.5 Å². The van der Waals surface area contributed by atoms with E-state index in [2.05, 4.69) is 10.1 Å². The molecule has 112 valence electrons. The van der Waals surface area contributed by atoms with Gasteiger partial charge < -0.3 is 10.1 Å². The minimum Gasteiger partial charge on any atom is -0.390 e. The second-order valence-electron chi connectivity index (χ2n) is 4.43. The molecule has 0 N–H and O–H groups in total. The van der Waals surface area contributed by atoms with Crippen LogP contribution < -0.4 is 0 Å². The Bertz CT molecular complexity index is 768. The molecule has 0 fully saturated rings. The summed E-state index contributed by atoms with van der Waals surface area (Å²) in [5, 5.41) is 14.2. The lowest BCUT2D eigenvalue weighted by molar-refractivity contribution is -0.394. The van der Waals surface area contributed by atoms with Gasteiger partial charge in [-0.05, 0) is 22.6 Å². The van der Waals surface area contributed by atoms with Crippen molar-refractivity contribution < 1.29 is 13.3 Å². The topological polar surface area (TPSA) is 111 Å². The Labute approximate surface area is 121 Å². The molecule has 21 heavy (non-hydrogen) atoms. The van der Waals surface area contributed by atoms with Crippen LogP contribution in [-0.2, 0) is 16.6 Å². The quantitative estimate of drug-likeness (QED) is 0.586. The van der Waals surface area contributed by atoms with Crippen LogP contribution in [0.5, 0.6) is 0 Å². The van der Waals surface area contributed by atoms with Crippen LogP contribution in [0.15, 0.2) is 35.5 Å². The Morgan fingerprint density at radius 1 is 1.38 bits per heavy atom. The molecule has 1 heterocycles. The van der Waals surface area contributed by atoms with Crippen molar-refractivity contribution in [2.45, 2.75) is 11.4 Å². The van der Waals surface area contributed by atoms with Gasteiger partial charge in [0, 0.05) is 19.2 Å². The van der Waals surface area contributed by atoms with Gasteiger partial charge in [0.05, 0.1) is 11.4 Å². The maximum Gasteiger partial charge on any atom is 0.490 e. The highest BCUT2D eigenvalue weighted by Crippen LogP contribution is 2.15. The van der Waals surface area contributed by atoms with Gasteiger partial charge in [-0.2, -0.15) is 4.68 Å². The van der Waals surface area contributed by atoms with E-state index in [1.807, 2.05) is 0 Å². The van der Waals surface area contributed by atoms with Crippen LogP contribution in [0.25, 0.3) is 0 Å². The van der Waals surface area contributed by atoms with Gasteiger partial charge in [0.15, 0.2) is 0 Å². The number of nitro groups is 1. The van der Waals surface area contributed by atoms with Gasteiger partial charge >= 0.3 is 5.95 Å². The first-order valence-corrected chi connectivity index (χ1v) is 7.30. The summed E-state index contributed by atoms with van der Waals surface area (Å²) in [5.74, 6) is -0.493. The molecule has 2 rings (SSSR count). The molecule has 0 aliphatic rings. The van der Waals surface area contributed by atoms with Gasteiger partial charge in [0.2, 0.25) is 16.4 Å². The Balaban J connectivity index is 2.27. The Kier molecular flexibility index (Phi) is 4.00. The van der Waals surface area contributed by atoms with Gasteiger partial charge in [-0.15, -0.1) is 0 Å². The van der Waals surface area contributed by atoms with Crippen LogP contribution in [-0.4, -0.2) is 46.5 Å². The molecule has 0 spiro atoms. The second kappa shape index (κ2) is 5.58. The van der Waals surface area contributed by atoms with Crippen molar-refractivity contribution in [1.29, 1.82) is 0 Å². The van der Waals surface area contributed by atoms with E-state index in [1.54, 1.807) is 12.1 Å². The molecule has 0 aliphatic carbocycles. The van der Waals surface area contributed by atoms with Gasteiger partial charge in [0.1, 0.15) is 0 Å². The molecule has 9 nitrogen and oxygen atoms in total. The fourth-order valence-electron chi connectivity index (χ4n) is 1.65. The van der Waals surface area contributed by atoms with Gasteiger partial charge in [0.25, 0.3) is 0 Å². The van der Waals surface area contributed by atoms with Crippen LogP contribution in [0.3, 0.4) is 0 Å². The third kappa shape index (κ3) is 3.23. The summed E-state index contributed by atoms with van der Waals surface area (Å²) in [6, 6.07) is 6.31. The minimum atomic E-state index is -3.52. The average Bonchev–Trinajstić information content (AvgIpc) is 2.87. The molecule has 1 aromatic heterocycles. The molecule has 0 aliphatic heterocycles. The Hall–Kier alpha value is -2.33. The molecule has 2 aromatic rings. The lowest BCUT2D eigenvalue weighted by atomic mass is 10.2. The number of hydrogen-bond donors (Lipinski definition) is 0. The third-order valence-electron chi connectivity index (χ3n) is 2.71. The van der Waals surface area contributed by atoms with E-state index < -0.39 is 20.9 Å². The molecule has 0 saturated heterocycles. The molecule has 10 heteroatoms. The molecule has 0 atom stereocenters. The van der Waals surface area contributed by atoms with Crippen LogP contribution in [0.4, 0.5) is 5.95 Å². The number of hydrogen-bond acceptors (Lipinski definition) is 6. The molecule has 0 bridgehead atoms. The summed E-state index contributed by atoms with van der Waals surface area (Å²) in [4.78, 5) is 13.5. The van der Waals surface area contributed by atoms with Crippen molar-refractivity contribution in [3.63, 3.8) is 0 Å². The van der Waals surface area contributed by atoms with E-state index in [-0.39, 0.29) is 11.4 Å². The zero-order chi connectivity index (χ0) is 15.6. The third-order valence-corrected chi connectivity index (χ3v) is 4.52. The second-order valence-corrected chi connectivity index (χ2v) is 6.59. The van der Waals surface area contributed by atoms with Crippen LogP contribution in [0, 0.1) is 10.1 Å². The van der Waals surface area contributed by atoms with Crippen LogP contribution in [0.2, 0.25) is 0 Å². The van der Waals surface area contributed by atoms with E-state index in [0.29, 0.717) is 5.56 Å². The lowest BCUT2D eigenvalue weighted by Crippen LogP contribution is -2.22. The molecule has 0 radical (unpaired) electrons. The normalized spacial score (nSPS) is 11.8. The van der Waals surface area contributed by atoms with Gasteiger partial charge in [-0.1, -0.05) is 17.1 Å². The zero-order valence-corrected chi connectivity index (χ0v) is 12.2. The monoisotopic (exact) mass is 311 g/mol. The predicted molar refractivity (Wildman–Crippen MR) is 73.1 cm³/mol. The standard InChI is InChI=1S/C11H13N5O4S/c1-14(2)21(19,20)10-5-3-4-9(6-10)7-15-8-12-11(13-15)16(17)18/h3-6,8H,7H2,1-2H3. The summed E-state index contributed by atoms with van der Waals surface area (Å²) < 4.78 is 26.5. The first kappa shape index (κ1) is 15.1. The molecule has 0 amide bonds. The number of benzene rings is 1. The zero-order valence-electron chi connectivity index (χ0n) is 11.4. The molecular weight excluding hydrogens is 298 g/mol. The van der Waals surface area contributed by atoms with Gasteiger partial charge in [-0.3, -0.25) is 0 Å². The predicted octanol–water partition coefficient (Wildman–Crippen LogP) is 0.485. The SMILES string of the molecule is CN(C)S(=O)(=O)c1cccc(Cn2cnc([N+](=O)[O-])n2)c1. The van der Waals surface area contributed by atoms with Crippen molar-refractivity contribution in [3.05, 3.63) is 46.3 Å². The average molecular weight is 311 g/mol. The minimum absolute atomic E-state index is 0.152. The Morgan fingerprint density at radius 2 is 2.10 bits per heavy atom. The highest BCUT2D eigenvalue weighted by atomic mass is 32.2. The van der Waals surface area contributed by atoms with Gasteiger partial charge in [-0.25, -0.2) is 12.7 Å². The highest BCUT2D eigenvalue weighted by molar-refractivity contribution is 7.89. The summed E-state index contributed by atoms with van der Waals surface area (Å²) in [6.45, 7) is 0.192. The molecule has 0 saturated carbocycles. The van der Waals surface area contributed by atoms with Crippen molar-refractivity contribution in [3.8, 4) is 0 Å². The molecule has 1 aromatic carbocycles. The summed E-state index contributed by atoms with van der Waals surface area (Å²) in [7, 11) is -0.626. The van der Waals surface area contributed by atoms with Crippen molar-refractivity contribution in [2.75, 3.05) is 14.1 Å². The van der Waals surface area contributed by atoms with E-state index in [1.165, 1.54) is 37.2 Å². The molecular formula is C11H13N5O4S. The van der Waals surface area contributed by atoms with Crippen LogP contribution >= 0.6 is 0 Å².